The van der Waals surface area contributed by atoms with Gasteiger partial charge in [0.25, 0.3) is 0 Å². The molecule has 7 heteroatoms. The molecular weight excluding hydrogens is 305 g/mol. The van der Waals surface area contributed by atoms with E-state index in [2.05, 4.69) is 15.0 Å². The summed E-state index contributed by atoms with van der Waals surface area (Å²) in [5.74, 6) is -0.244. The Morgan fingerprint density at radius 3 is 2.33 bits per heavy atom. The largest absolute Gasteiger partial charge is 0.573 e. The van der Waals surface area contributed by atoms with Gasteiger partial charge in [0.1, 0.15) is 10.9 Å². The summed E-state index contributed by atoms with van der Waals surface area (Å²) in [7, 11) is 0. The standard InChI is InChI=1S/C14H12ClF3N2O/c1-9(20-11-4-7-13(15)19-8-11)10-2-5-12(6-3-10)21-14(16,17)18/h2-9,20H,1H3. The summed E-state index contributed by atoms with van der Waals surface area (Å²) in [6.07, 6.45) is -3.10. The molecule has 0 radical (unpaired) electrons. The van der Waals surface area contributed by atoms with E-state index in [1.54, 1.807) is 30.5 Å². The minimum atomic E-state index is -4.68. The molecule has 3 nitrogen and oxygen atoms in total. The van der Waals surface area contributed by atoms with Crippen molar-refractivity contribution in [2.24, 2.45) is 0 Å². The van der Waals surface area contributed by atoms with E-state index in [0.29, 0.717) is 5.15 Å². The first-order valence-corrected chi connectivity index (χ1v) is 6.45. The summed E-state index contributed by atoms with van der Waals surface area (Å²) < 4.78 is 40.0. The first-order chi connectivity index (χ1) is 9.83. The Labute approximate surface area is 124 Å². The molecule has 21 heavy (non-hydrogen) atoms. The average Bonchev–Trinajstić information content (AvgIpc) is 2.40. The predicted molar refractivity (Wildman–Crippen MR) is 74.4 cm³/mol. The summed E-state index contributed by atoms with van der Waals surface area (Å²) in [5, 5.41) is 3.56. The van der Waals surface area contributed by atoms with Gasteiger partial charge in [-0.2, -0.15) is 0 Å². The Balaban J connectivity index is 2.02. The summed E-state index contributed by atoms with van der Waals surface area (Å²) >= 11 is 5.69. The second-order valence-corrected chi connectivity index (χ2v) is 4.74. The number of benzene rings is 1. The second-order valence-electron chi connectivity index (χ2n) is 4.35. The maximum Gasteiger partial charge on any atom is 0.573 e. The van der Waals surface area contributed by atoms with Crippen LogP contribution in [0.25, 0.3) is 0 Å². The fraction of sp³-hybridized carbons (Fsp3) is 0.214. The van der Waals surface area contributed by atoms with E-state index in [0.717, 1.165) is 11.3 Å². The zero-order chi connectivity index (χ0) is 15.5. The number of alkyl halides is 3. The maximum absolute atomic E-state index is 12.1. The van der Waals surface area contributed by atoms with Crippen LogP contribution in [0.2, 0.25) is 5.15 Å². The molecule has 0 aliphatic heterocycles. The van der Waals surface area contributed by atoms with E-state index in [-0.39, 0.29) is 11.8 Å². The quantitative estimate of drug-likeness (QED) is 0.822. The van der Waals surface area contributed by atoms with Gasteiger partial charge < -0.3 is 10.1 Å². The molecule has 0 saturated heterocycles. The fourth-order valence-corrected chi connectivity index (χ4v) is 1.86. The number of halogens is 4. The molecule has 1 heterocycles. The molecule has 1 aromatic heterocycles. The summed E-state index contributed by atoms with van der Waals surface area (Å²) in [5.41, 5.74) is 1.59. The Bertz CT molecular complexity index is 585. The number of pyridine rings is 1. The molecule has 0 amide bonds. The second kappa shape index (κ2) is 6.22. The SMILES string of the molecule is CC(Nc1ccc(Cl)nc1)c1ccc(OC(F)(F)F)cc1. The zero-order valence-corrected chi connectivity index (χ0v) is 11.7. The van der Waals surface area contributed by atoms with E-state index in [4.69, 9.17) is 11.6 Å². The van der Waals surface area contributed by atoms with Gasteiger partial charge in [0, 0.05) is 6.04 Å². The van der Waals surface area contributed by atoms with Crippen molar-refractivity contribution in [1.82, 2.24) is 4.98 Å². The smallest absolute Gasteiger partial charge is 0.406 e. The van der Waals surface area contributed by atoms with Crippen molar-refractivity contribution in [3.05, 3.63) is 53.3 Å². The van der Waals surface area contributed by atoms with E-state index in [1.807, 2.05) is 6.92 Å². The lowest BCUT2D eigenvalue weighted by Gasteiger charge is -2.16. The Hall–Kier alpha value is -1.95. The van der Waals surface area contributed by atoms with Crippen molar-refractivity contribution in [3.63, 3.8) is 0 Å². The topological polar surface area (TPSA) is 34.2 Å². The Morgan fingerprint density at radius 2 is 1.81 bits per heavy atom. The number of hydrogen-bond donors (Lipinski definition) is 1. The normalized spacial score (nSPS) is 12.8. The van der Waals surface area contributed by atoms with Gasteiger partial charge in [-0.05, 0) is 36.8 Å². The van der Waals surface area contributed by atoms with Crippen molar-refractivity contribution < 1.29 is 17.9 Å². The molecule has 0 spiro atoms. The van der Waals surface area contributed by atoms with Gasteiger partial charge in [-0.3, -0.25) is 0 Å². The highest BCUT2D eigenvalue weighted by molar-refractivity contribution is 6.29. The predicted octanol–water partition coefficient (Wildman–Crippen LogP) is 4.81. The molecule has 2 rings (SSSR count). The first-order valence-electron chi connectivity index (χ1n) is 6.07. The van der Waals surface area contributed by atoms with Crippen LogP contribution in [0.5, 0.6) is 5.75 Å². The molecule has 0 aliphatic rings. The Kier molecular flexibility index (Phi) is 4.57. The molecule has 1 unspecified atom stereocenters. The van der Waals surface area contributed by atoms with Crippen molar-refractivity contribution in [2.45, 2.75) is 19.3 Å². The van der Waals surface area contributed by atoms with Crippen LogP contribution < -0.4 is 10.1 Å². The molecule has 2 aromatic rings. The fourth-order valence-electron chi connectivity index (χ4n) is 1.75. The van der Waals surface area contributed by atoms with E-state index in [1.165, 1.54) is 12.1 Å². The highest BCUT2D eigenvalue weighted by Gasteiger charge is 2.30. The van der Waals surface area contributed by atoms with Crippen LogP contribution in [-0.4, -0.2) is 11.3 Å². The highest BCUT2D eigenvalue weighted by atomic mass is 35.5. The third-order valence-electron chi connectivity index (χ3n) is 2.72. The van der Waals surface area contributed by atoms with Gasteiger partial charge in [0.05, 0.1) is 11.9 Å². The van der Waals surface area contributed by atoms with Gasteiger partial charge in [0.15, 0.2) is 0 Å². The highest BCUT2D eigenvalue weighted by Crippen LogP contribution is 2.25. The van der Waals surface area contributed by atoms with Gasteiger partial charge in [-0.1, -0.05) is 23.7 Å². The lowest BCUT2D eigenvalue weighted by Crippen LogP contribution is -2.17. The van der Waals surface area contributed by atoms with Crippen LogP contribution in [0.15, 0.2) is 42.6 Å². The van der Waals surface area contributed by atoms with Crippen LogP contribution >= 0.6 is 11.6 Å². The average molecular weight is 317 g/mol. The molecule has 1 N–H and O–H groups in total. The number of rotatable bonds is 4. The third kappa shape index (κ3) is 4.82. The van der Waals surface area contributed by atoms with Crippen LogP contribution in [0.1, 0.15) is 18.5 Å². The van der Waals surface area contributed by atoms with Gasteiger partial charge in [0.2, 0.25) is 0 Å². The summed E-state index contributed by atoms with van der Waals surface area (Å²) in [4.78, 5) is 3.94. The maximum atomic E-state index is 12.1. The minimum Gasteiger partial charge on any atom is -0.406 e. The lowest BCUT2D eigenvalue weighted by molar-refractivity contribution is -0.274. The monoisotopic (exact) mass is 316 g/mol. The molecule has 112 valence electrons. The van der Waals surface area contributed by atoms with E-state index >= 15 is 0 Å². The minimum absolute atomic E-state index is 0.104. The molecule has 0 aliphatic carbocycles. The van der Waals surface area contributed by atoms with Crippen molar-refractivity contribution in [3.8, 4) is 5.75 Å². The molecule has 1 atom stereocenters. The van der Waals surface area contributed by atoms with E-state index in [9.17, 15) is 13.2 Å². The van der Waals surface area contributed by atoms with Crippen LogP contribution in [-0.2, 0) is 0 Å². The lowest BCUT2D eigenvalue weighted by atomic mass is 10.1. The van der Waals surface area contributed by atoms with E-state index < -0.39 is 6.36 Å². The number of anilines is 1. The van der Waals surface area contributed by atoms with Crippen molar-refractivity contribution in [1.29, 1.82) is 0 Å². The number of nitrogens with zero attached hydrogens (tertiary/aromatic N) is 1. The number of nitrogens with one attached hydrogen (secondary N) is 1. The number of aromatic nitrogens is 1. The van der Waals surface area contributed by atoms with Crippen LogP contribution in [0, 0.1) is 0 Å². The zero-order valence-electron chi connectivity index (χ0n) is 11.0. The van der Waals surface area contributed by atoms with Crippen molar-refractivity contribution in [2.75, 3.05) is 5.32 Å². The molecular formula is C14H12ClF3N2O. The molecule has 0 fully saturated rings. The number of ether oxygens (including phenoxy) is 1. The summed E-state index contributed by atoms with van der Waals surface area (Å²) in [6, 6.07) is 9.02. The first kappa shape index (κ1) is 15.4. The van der Waals surface area contributed by atoms with Crippen LogP contribution in [0.4, 0.5) is 18.9 Å². The Morgan fingerprint density at radius 1 is 1.14 bits per heavy atom. The molecule has 0 saturated carbocycles. The number of hydrogen-bond acceptors (Lipinski definition) is 3. The van der Waals surface area contributed by atoms with Gasteiger partial charge >= 0.3 is 6.36 Å². The summed E-state index contributed by atoms with van der Waals surface area (Å²) in [6.45, 7) is 1.88. The van der Waals surface area contributed by atoms with Gasteiger partial charge in [-0.15, -0.1) is 13.2 Å². The molecule has 0 bridgehead atoms. The van der Waals surface area contributed by atoms with Crippen molar-refractivity contribution >= 4 is 17.3 Å². The molecule has 1 aromatic carbocycles. The third-order valence-corrected chi connectivity index (χ3v) is 2.95. The van der Waals surface area contributed by atoms with Crippen LogP contribution in [0.3, 0.4) is 0 Å². The van der Waals surface area contributed by atoms with Gasteiger partial charge in [-0.25, -0.2) is 4.98 Å².